The minimum atomic E-state index is -4.63. The number of aryl methyl sites for hydroxylation is 1. The van der Waals surface area contributed by atoms with Crippen LogP contribution in [0.4, 0.5) is 35.4 Å². The number of alkyl halides is 3. The number of amides is 2. The van der Waals surface area contributed by atoms with Crippen molar-refractivity contribution in [3.8, 4) is 5.88 Å². The Morgan fingerprint density at radius 3 is 2.52 bits per heavy atom. The van der Waals surface area contributed by atoms with Crippen molar-refractivity contribution in [3.63, 3.8) is 0 Å². The first-order valence-electron chi connectivity index (χ1n) is 12.3. The van der Waals surface area contributed by atoms with Crippen molar-refractivity contribution < 1.29 is 36.8 Å². The monoisotopic (exact) mass is 563 g/mol. The van der Waals surface area contributed by atoms with Gasteiger partial charge in [-0.15, -0.1) is 0 Å². The maximum Gasteiger partial charge on any atom is 0.434 e. The molecule has 1 atom stereocenters. The van der Waals surface area contributed by atoms with E-state index in [1.54, 1.807) is 17.0 Å². The van der Waals surface area contributed by atoms with Gasteiger partial charge in [0.25, 0.3) is 5.91 Å². The highest BCUT2D eigenvalue weighted by molar-refractivity contribution is 6.08. The zero-order chi connectivity index (χ0) is 29.1. The van der Waals surface area contributed by atoms with Gasteiger partial charge in [-0.2, -0.15) is 13.2 Å². The molecule has 4 heterocycles. The summed E-state index contributed by atoms with van der Waals surface area (Å²) in [5.41, 5.74) is -1.09. The summed E-state index contributed by atoms with van der Waals surface area (Å²) in [6.07, 6.45) is -1.36. The molecule has 3 aromatic heterocycles. The predicted molar refractivity (Wildman–Crippen MR) is 135 cm³/mol. The van der Waals surface area contributed by atoms with Gasteiger partial charge in [0, 0.05) is 25.1 Å². The molecule has 0 spiro atoms. The molecule has 12 nitrogen and oxygen atoms in total. The number of nitrogens with zero attached hydrogens (tertiary/aromatic N) is 5. The Bertz CT molecular complexity index is 1340. The highest BCUT2D eigenvalue weighted by Crippen LogP contribution is 2.28. The molecule has 40 heavy (non-hydrogen) atoms. The third-order valence-corrected chi connectivity index (χ3v) is 5.67. The average Bonchev–Trinajstić information content (AvgIpc) is 3.49. The van der Waals surface area contributed by atoms with Gasteiger partial charge in [0.2, 0.25) is 11.8 Å². The molecule has 1 aliphatic heterocycles. The second-order valence-electron chi connectivity index (χ2n) is 10.1. The maximum atomic E-state index is 12.9. The lowest BCUT2D eigenvalue weighted by Crippen LogP contribution is -2.35. The molecule has 2 N–H and O–H groups in total. The van der Waals surface area contributed by atoms with E-state index in [0.29, 0.717) is 37.5 Å². The fourth-order valence-corrected chi connectivity index (χ4v) is 3.78. The molecule has 214 valence electrons. The van der Waals surface area contributed by atoms with Crippen molar-refractivity contribution >= 4 is 29.4 Å². The summed E-state index contributed by atoms with van der Waals surface area (Å²) in [5, 5.41) is 9.02. The third-order valence-electron chi connectivity index (χ3n) is 5.67. The molecule has 4 rings (SSSR count). The Kier molecular flexibility index (Phi) is 8.11. The van der Waals surface area contributed by atoms with Gasteiger partial charge in [-0.25, -0.2) is 19.7 Å². The van der Waals surface area contributed by atoms with Gasteiger partial charge in [0.1, 0.15) is 11.2 Å². The number of anilines is 3. The molecule has 1 aliphatic rings. The van der Waals surface area contributed by atoms with E-state index in [9.17, 15) is 22.8 Å². The van der Waals surface area contributed by atoms with Crippen LogP contribution in [0.5, 0.6) is 5.88 Å². The number of hydrogen-bond donors (Lipinski definition) is 2. The van der Waals surface area contributed by atoms with E-state index in [1.165, 1.54) is 13.1 Å². The molecule has 0 saturated carbocycles. The fraction of sp³-hybridized carbons (Fsp3) is 0.440. The minimum absolute atomic E-state index is 0.0257. The molecule has 3 aromatic rings. The van der Waals surface area contributed by atoms with Crippen LogP contribution in [0.2, 0.25) is 0 Å². The van der Waals surface area contributed by atoms with E-state index >= 15 is 0 Å². The normalized spacial score (nSPS) is 15.6. The molecular weight excluding hydrogens is 535 g/mol. The molecule has 2 amide bonds. The van der Waals surface area contributed by atoms with Crippen LogP contribution in [-0.2, 0) is 10.9 Å². The molecule has 0 bridgehead atoms. The Balaban J connectivity index is 1.30. The van der Waals surface area contributed by atoms with Crippen molar-refractivity contribution in [1.82, 2.24) is 25.0 Å². The zero-order valence-corrected chi connectivity index (χ0v) is 22.2. The highest BCUT2D eigenvalue weighted by atomic mass is 19.4. The zero-order valence-electron chi connectivity index (χ0n) is 22.2. The SMILES string of the molecule is Cc1noc(Nc2cnc(C(F)(F)F)cn2)c1C(=O)Nc1ccc(OC[C@@H]2CCN(C(=O)OC(C)(C)C)C2)nc1. The number of likely N-dealkylation sites (tertiary alicyclic amines) is 1. The van der Waals surface area contributed by atoms with Crippen LogP contribution in [0.15, 0.2) is 35.2 Å². The maximum absolute atomic E-state index is 12.9. The Morgan fingerprint density at radius 2 is 1.90 bits per heavy atom. The topological polar surface area (TPSA) is 145 Å². The first kappa shape index (κ1) is 28.6. The lowest BCUT2D eigenvalue weighted by molar-refractivity contribution is -0.141. The van der Waals surface area contributed by atoms with Crippen LogP contribution >= 0.6 is 0 Å². The second kappa shape index (κ2) is 11.4. The van der Waals surface area contributed by atoms with E-state index in [2.05, 4.69) is 30.7 Å². The molecule has 1 fully saturated rings. The summed E-state index contributed by atoms with van der Waals surface area (Å²) in [4.78, 5) is 38.0. The first-order valence-corrected chi connectivity index (χ1v) is 12.3. The number of carbonyl (C=O) groups is 2. The van der Waals surface area contributed by atoms with E-state index < -0.39 is 23.4 Å². The minimum Gasteiger partial charge on any atom is -0.477 e. The van der Waals surface area contributed by atoms with Gasteiger partial charge in [0.05, 0.1) is 36.6 Å². The Labute approximate surface area is 227 Å². The summed E-state index contributed by atoms with van der Waals surface area (Å²) in [6.45, 7) is 8.47. The number of nitrogens with one attached hydrogen (secondary N) is 2. The fourth-order valence-electron chi connectivity index (χ4n) is 3.78. The van der Waals surface area contributed by atoms with Crippen molar-refractivity contribution in [2.75, 3.05) is 30.3 Å². The van der Waals surface area contributed by atoms with E-state index in [1.807, 2.05) is 20.8 Å². The van der Waals surface area contributed by atoms with Crippen LogP contribution in [0.1, 0.15) is 48.9 Å². The lowest BCUT2D eigenvalue weighted by atomic mass is 10.1. The predicted octanol–water partition coefficient (Wildman–Crippen LogP) is 4.82. The average molecular weight is 564 g/mol. The van der Waals surface area contributed by atoms with Gasteiger partial charge >= 0.3 is 12.3 Å². The van der Waals surface area contributed by atoms with E-state index in [-0.39, 0.29) is 35.0 Å². The van der Waals surface area contributed by atoms with Crippen LogP contribution in [0.25, 0.3) is 0 Å². The highest BCUT2D eigenvalue weighted by Gasteiger charge is 2.33. The summed E-state index contributed by atoms with van der Waals surface area (Å²) < 4.78 is 54.4. The molecule has 0 aromatic carbocycles. The van der Waals surface area contributed by atoms with Crippen molar-refractivity contribution in [1.29, 1.82) is 0 Å². The summed E-state index contributed by atoms with van der Waals surface area (Å²) in [6, 6.07) is 3.19. The number of rotatable bonds is 7. The number of halogens is 3. The van der Waals surface area contributed by atoms with Crippen molar-refractivity contribution in [3.05, 3.63) is 47.7 Å². The summed E-state index contributed by atoms with van der Waals surface area (Å²) in [7, 11) is 0. The van der Waals surface area contributed by atoms with Gasteiger partial charge in [0.15, 0.2) is 11.5 Å². The van der Waals surface area contributed by atoms with Crippen molar-refractivity contribution in [2.45, 2.75) is 45.9 Å². The molecule has 1 saturated heterocycles. The number of hydrogen-bond acceptors (Lipinski definition) is 10. The Morgan fingerprint density at radius 1 is 1.12 bits per heavy atom. The van der Waals surface area contributed by atoms with Gasteiger partial charge in [-0.3, -0.25) is 4.79 Å². The van der Waals surface area contributed by atoms with Crippen LogP contribution in [-0.4, -0.2) is 62.3 Å². The standard InChI is InChI=1S/C25H28F3N7O5/c1-14-20(22(40-34-14)33-18-11-29-17(10-30-18)25(26,27)28)21(36)32-16-5-6-19(31-9-16)38-13-15-7-8-35(12-15)23(37)39-24(2,3)4/h5-6,9-11,15H,7-8,12-13H2,1-4H3,(H,30,33)(H,32,36)/t15-/m1/s1. The van der Waals surface area contributed by atoms with Gasteiger partial charge in [-0.1, -0.05) is 5.16 Å². The molecule has 0 aliphatic carbocycles. The molecule has 0 radical (unpaired) electrons. The quantitative estimate of drug-likeness (QED) is 0.410. The largest absolute Gasteiger partial charge is 0.477 e. The van der Waals surface area contributed by atoms with Crippen LogP contribution in [0.3, 0.4) is 0 Å². The molecule has 0 unspecified atom stereocenters. The lowest BCUT2D eigenvalue weighted by Gasteiger charge is -2.24. The van der Waals surface area contributed by atoms with E-state index in [0.717, 1.165) is 12.6 Å². The summed E-state index contributed by atoms with van der Waals surface area (Å²) in [5.74, 6) is -0.305. The first-order chi connectivity index (χ1) is 18.8. The van der Waals surface area contributed by atoms with Crippen LogP contribution in [0, 0.1) is 12.8 Å². The number of carbonyl (C=O) groups excluding carboxylic acids is 2. The van der Waals surface area contributed by atoms with Crippen molar-refractivity contribution in [2.24, 2.45) is 5.92 Å². The number of ether oxygens (including phenoxy) is 2. The Hall–Kier alpha value is -4.43. The van der Waals surface area contributed by atoms with Gasteiger partial charge < -0.3 is 29.5 Å². The summed E-state index contributed by atoms with van der Waals surface area (Å²) >= 11 is 0. The second-order valence-corrected chi connectivity index (χ2v) is 10.1. The van der Waals surface area contributed by atoms with Gasteiger partial charge in [-0.05, 0) is 40.2 Å². The number of aromatic nitrogens is 4. The van der Waals surface area contributed by atoms with E-state index in [4.69, 9.17) is 14.0 Å². The van der Waals surface area contributed by atoms with Crippen LogP contribution < -0.4 is 15.4 Å². The molecular formula is C25H28F3N7O5. The number of pyridine rings is 1. The smallest absolute Gasteiger partial charge is 0.434 e. The third kappa shape index (κ3) is 7.36. The molecule has 15 heteroatoms.